The summed E-state index contributed by atoms with van der Waals surface area (Å²) in [6.07, 6.45) is 22.4. The molecule has 0 spiro atoms. The molecule has 0 amide bonds. The number of allylic oxidation sites excluding steroid dienone is 3. The van der Waals surface area contributed by atoms with Gasteiger partial charge in [0.1, 0.15) is 51.5 Å². The van der Waals surface area contributed by atoms with Crippen molar-refractivity contribution in [2.24, 2.45) is 34.1 Å². The van der Waals surface area contributed by atoms with Crippen molar-refractivity contribution in [3.63, 3.8) is 0 Å². The highest BCUT2D eigenvalue weighted by molar-refractivity contribution is 5.90. The van der Waals surface area contributed by atoms with Crippen LogP contribution in [0.4, 0.5) is 0 Å². The number of rotatable bonds is 8. The Morgan fingerprint density at radius 2 is 0.841 bits per heavy atom. The van der Waals surface area contributed by atoms with Gasteiger partial charge in [0.05, 0.1) is 72.1 Å². The zero-order valence-electron chi connectivity index (χ0n) is 68.2. The van der Waals surface area contributed by atoms with Crippen LogP contribution in [0.3, 0.4) is 0 Å². The summed E-state index contributed by atoms with van der Waals surface area (Å²) in [6, 6.07) is 63.4. The molecule has 0 saturated heterocycles. The topological polar surface area (TPSA) is 86.8 Å². The van der Waals surface area contributed by atoms with Crippen LogP contribution < -0.4 is 18.3 Å². The lowest BCUT2D eigenvalue weighted by Crippen LogP contribution is -2.31. The molecule has 530 valence electrons. The molecule has 12 heteroatoms. The summed E-state index contributed by atoms with van der Waals surface area (Å²) in [4.78, 5) is 19.3. The van der Waals surface area contributed by atoms with E-state index in [0.29, 0.717) is 5.56 Å². The van der Waals surface area contributed by atoms with Gasteiger partial charge in [0, 0.05) is 99.2 Å². The average Bonchev–Trinajstić information content (AvgIpc) is 1.56. The van der Waals surface area contributed by atoms with E-state index in [4.69, 9.17) is 26.8 Å². The minimum atomic E-state index is -2.20. The lowest BCUT2D eigenvalue weighted by atomic mass is 9.85. The number of aryl methyl sites for hydroxylation is 9. The minimum absolute atomic E-state index is 0.113. The summed E-state index contributed by atoms with van der Waals surface area (Å²) >= 11 is 0. The summed E-state index contributed by atoms with van der Waals surface area (Å²) in [7, 11) is 8.16. The Labute approximate surface area is 635 Å². The SMILES string of the molecule is CC1=Cn2c(nc3cc(C)c(-c4cc(-c5ccccc5)cc[n+]4C)cc32)C1.Cc1cc2nc3n(c2cc1-c1cccc[n+]1C)-c1ccccc1C3.[2H]C([2H])([2H])c1c[n+](C)c(-c2cc3c(cc2C)nc2n3C=C(C)C2)cc1-c1ccccc1.[2H]C([2H])(c1cc[n+](C)c(-c2cc3c(cc2C)nc2n3C=C(C)C2)c1)C1CCCCC1. The second-order valence-corrected chi connectivity index (χ2v) is 30.3. The number of hydrogen-bond donors (Lipinski definition) is 0. The number of aromatic nitrogens is 12. The summed E-state index contributed by atoms with van der Waals surface area (Å²) < 4.78 is 59.4. The molecular formula is C95H94N12+4. The Morgan fingerprint density at radius 3 is 1.39 bits per heavy atom. The minimum Gasteiger partial charge on any atom is -0.303 e. The second-order valence-electron chi connectivity index (χ2n) is 30.3. The van der Waals surface area contributed by atoms with Gasteiger partial charge in [0.25, 0.3) is 0 Å². The highest BCUT2D eigenvalue weighted by Gasteiger charge is 2.28. The summed E-state index contributed by atoms with van der Waals surface area (Å²) in [5.41, 5.74) is 34.6. The third-order valence-corrected chi connectivity index (χ3v) is 22.2. The van der Waals surface area contributed by atoms with E-state index in [9.17, 15) is 0 Å². The van der Waals surface area contributed by atoms with Crippen LogP contribution in [0.25, 0.3) is 136 Å². The van der Waals surface area contributed by atoms with E-state index in [2.05, 4.69) is 265 Å². The summed E-state index contributed by atoms with van der Waals surface area (Å²) in [6.45, 7) is 12.8. The summed E-state index contributed by atoms with van der Waals surface area (Å²) in [5, 5.41) is 0. The fourth-order valence-corrected chi connectivity index (χ4v) is 16.7. The smallest absolute Gasteiger partial charge is 0.213 e. The van der Waals surface area contributed by atoms with E-state index in [0.717, 1.165) is 153 Å². The first-order valence-electron chi connectivity index (χ1n) is 40.2. The van der Waals surface area contributed by atoms with Gasteiger partial charge in [-0.15, -0.1) is 0 Å². The first-order chi connectivity index (χ1) is 53.9. The van der Waals surface area contributed by atoms with Gasteiger partial charge in [-0.25, -0.2) is 38.2 Å². The molecule has 7 aromatic carbocycles. The predicted octanol–water partition coefficient (Wildman–Crippen LogP) is 19.3. The molecule has 0 N–H and O–H groups in total. The maximum Gasteiger partial charge on any atom is 0.213 e. The van der Waals surface area contributed by atoms with Crippen LogP contribution in [-0.2, 0) is 60.2 Å². The number of imidazole rings is 4. The van der Waals surface area contributed by atoms with Gasteiger partial charge in [-0.2, -0.15) is 0 Å². The van der Waals surface area contributed by atoms with Crippen LogP contribution in [-0.4, -0.2) is 38.2 Å². The molecule has 1 saturated carbocycles. The normalized spacial score (nSPS) is 14.9. The Kier molecular flexibility index (Phi) is 16.3. The molecule has 5 aliphatic rings. The molecule has 15 aromatic rings. The van der Waals surface area contributed by atoms with Crippen molar-refractivity contribution < 1.29 is 25.1 Å². The van der Waals surface area contributed by atoms with Crippen molar-refractivity contribution in [2.45, 2.75) is 119 Å². The molecule has 107 heavy (non-hydrogen) atoms. The van der Waals surface area contributed by atoms with E-state index in [-0.39, 0.29) is 5.92 Å². The molecule has 0 radical (unpaired) electrons. The largest absolute Gasteiger partial charge is 0.303 e. The number of benzene rings is 7. The highest BCUT2D eigenvalue weighted by Crippen LogP contribution is 2.39. The van der Waals surface area contributed by atoms with Crippen molar-refractivity contribution in [1.29, 1.82) is 0 Å². The first-order valence-corrected chi connectivity index (χ1v) is 37.7. The van der Waals surface area contributed by atoms with Crippen LogP contribution in [0, 0.1) is 40.5 Å². The summed E-state index contributed by atoms with van der Waals surface area (Å²) in [5.74, 6) is 4.56. The van der Waals surface area contributed by atoms with Gasteiger partial charge in [-0.05, 0) is 201 Å². The number of hydrogen-bond acceptors (Lipinski definition) is 4. The quantitative estimate of drug-likeness (QED) is 0.142. The van der Waals surface area contributed by atoms with Gasteiger partial charge in [-0.1, -0.05) is 111 Å². The molecule has 8 aromatic heterocycles. The number of fused-ring (bicyclic) bond motifs is 14. The number of para-hydroxylation sites is 1. The van der Waals surface area contributed by atoms with E-state index in [1.807, 2.05) is 67.3 Å². The molecule has 20 rings (SSSR count). The molecule has 0 bridgehead atoms. The molecule has 1 aliphatic carbocycles. The highest BCUT2D eigenvalue weighted by atomic mass is 15.1. The van der Waals surface area contributed by atoms with Crippen LogP contribution in [0.15, 0.2) is 223 Å². The van der Waals surface area contributed by atoms with E-state index < -0.39 is 13.2 Å². The first kappa shape index (κ1) is 62.6. The Bertz CT molecular complexity index is 6400. The van der Waals surface area contributed by atoms with Crippen molar-refractivity contribution in [3.05, 3.63) is 286 Å². The monoisotopic (exact) mass is 1410 g/mol. The van der Waals surface area contributed by atoms with Crippen LogP contribution in [0.1, 0.15) is 122 Å². The molecule has 0 atom stereocenters. The van der Waals surface area contributed by atoms with Crippen molar-refractivity contribution >= 4 is 62.7 Å². The Balaban J connectivity index is 0.000000109. The predicted molar refractivity (Wildman–Crippen MR) is 435 cm³/mol. The van der Waals surface area contributed by atoms with Crippen LogP contribution >= 0.6 is 0 Å². The molecule has 0 unspecified atom stereocenters. The second kappa shape index (κ2) is 27.9. The standard InChI is InChI=1S/C25H24N3.C25H30N3.C24H22N3.C21H18N3/c1-16-10-25-26-22-11-17(2)21(13-24(22)28(25)14-16)23-12-20(18(3)15-27(23)4)19-8-6-5-7-9-19;1-17-11-25-26-22-12-18(2)21(15-24(22)28(25)16-17)23-14-20(9-10-27(23)3)13-19-7-5-4-6-8-19;1-16-11-24-25-21-12-17(2)20(14-23(21)27(24)15-16)22-13-19(9-10-26(22)3)18-7-5-4-6-8-18;1-14-11-17-20(13-16(14)19-9-5-6-10-23(19)2)24-18-8-4-3-7-15(18)12-21(24)22-17/h5-9,11-15H,10H2,1-4H3;9-10,12,14-16,19H,4-8,11,13H2,1-3H3;4-10,12-15H,11H2,1-3H3;3-11,13H,12H2,1-2H3/q4*+1/i3D3;13D2;;. The molecule has 12 heterocycles. The maximum absolute atomic E-state index is 8.91. The van der Waals surface area contributed by atoms with E-state index in [1.54, 1.807) is 6.20 Å². The van der Waals surface area contributed by atoms with Crippen LogP contribution in [0.5, 0.6) is 0 Å². The van der Waals surface area contributed by atoms with Gasteiger partial charge in [0.2, 0.25) is 22.8 Å². The lowest BCUT2D eigenvalue weighted by Gasteiger charge is -2.21. The van der Waals surface area contributed by atoms with Crippen LogP contribution in [0.2, 0.25) is 0 Å². The van der Waals surface area contributed by atoms with Gasteiger partial charge in [0.15, 0.2) is 24.8 Å². The fourth-order valence-electron chi connectivity index (χ4n) is 16.7. The van der Waals surface area contributed by atoms with Gasteiger partial charge < -0.3 is 13.7 Å². The van der Waals surface area contributed by atoms with Gasteiger partial charge in [-0.3, -0.25) is 4.57 Å². The lowest BCUT2D eigenvalue weighted by molar-refractivity contribution is -0.660. The Morgan fingerprint density at radius 1 is 0.383 bits per heavy atom. The zero-order chi connectivity index (χ0) is 77.8. The number of pyridine rings is 4. The maximum atomic E-state index is 8.91. The average molecular weight is 1410 g/mol. The van der Waals surface area contributed by atoms with Crippen molar-refractivity contribution in [3.8, 4) is 73.0 Å². The van der Waals surface area contributed by atoms with Crippen molar-refractivity contribution in [1.82, 2.24) is 38.2 Å². The van der Waals surface area contributed by atoms with Gasteiger partial charge >= 0.3 is 0 Å². The van der Waals surface area contributed by atoms with E-state index >= 15 is 0 Å². The third-order valence-electron chi connectivity index (χ3n) is 22.2. The number of nitrogens with zero attached hydrogens (tertiary/aromatic N) is 12. The molecular weight excluding hydrogens is 1310 g/mol. The molecule has 1 fully saturated rings. The van der Waals surface area contributed by atoms with E-state index in [1.165, 1.54) is 95.8 Å². The molecule has 12 nitrogen and oxygen atoms in total. The zero-order valence-corrected chi connectivity index (χ0v) is 63.2. The third kappa shape index (κ3) is 13.0. The molecule has 4 aliphatic heterocycles. The Hall–Kier alpha value is -11.8. The fraction of sp³-hybridized carbons (Fsp3) is 0.242. The van der Waals surface area contributed by atoms with Crippen molar-refractivity contribution in [2.75, 3.05) is 0 Å².